The van der Waals surface area contributed by atoms with Gasteiger partial charge in [-0.25, -0.2) is 4.79 Å². The summed E-state index contributed by atoms with van der Waals surface area (Å²) in [6.45, 7) is 1.85. The van der Waals surface area contributed by atoms with E-state index in [1.807, 2.05) is 29.2 Å². The molecule has 2 aromatic carbocycles. The fourth-order valence-corrected chi connectivity index (χ4v) is 4.45. The van der Waals surface area contributed by atoms with Crippen LogP contribution in [0.5, 0.6) is 11.5 Å². The number of carbonyl (C=O) groups excluding carboxylic acids is 2. The zero-order valence-electron chi connectivity index (χ0n) is 18.6. The summed E-state index contributed by atoms with van der Waals surface area (Å²) >= 11 is 0. The third-order valence-corrected chi connectivity index (χ3v) is 6.33. The third kappa shape index (κ3) is 5.61. The molecule has 4 rings (SSSR count). The van der Waals surface area contributed by atoms with Crippen molar-refractivity contribution in [3.63, 3.8) is 0 Å². The molecular weight excluding hydrogens is 406 g/mol. The lowest BCUT2D eigenvalue weighted by molar-refractivity contribution is -0.117. The van der Waals surface area contributed by atoms with Gasteiger partial charge in [0, 0.05) is 24.6 Å². The van der Waals surface area contributed by atoms with Gasteiger partial charge in [0.2, 0.25) is 5.91 Å². The van der Waals surface area contributed by atoms with Gasteiger partial charge in [0.05, 0.1) is 25.9 Å². The topological polar surface area (TPSA) is 65.1 Å². The zero-order valence-corrected chi connectivity index (χ0v) is 18.6. The largest absolute Gasteiger partial charge is 0.493 e. The lowest BCUT2D eigenvalue weighted by Crippen LogP contribution is -2.25. The number of carbonyl (C=O) groups is 2. The Bertz CT molecular complexity index is 903. The molecule has 2 aromatic rings. The molecule has 0 N–H and O–H groups in total. The minimum Gasteiger partial charge on any atom is -0.493 e. The van der Waals surface area contributed by atoms with Crippen molar-refractivity contribution in [2.75, 3.05) is 31.8 Å². The normalized spacial score (nSPS) is 19.1. The van der Waals surface area contributed by atoms with Crippen LogP contribution in [0.15, 0.2) is 48.5 Å². The molecule has 0 radical (unpaired) electrons. The van der Waals surface area contributed by atoms with Gasteiger partial charge < -0.3 is 19.1 Å². The maximum absolute atomic E-state index is 12.6. The highest BCUT2D eigenvalue weighted by Crippen LogP contribution is 2.29. The Labute approximate surface area is 189 Å². The second-order valence-electron chi connectivity index (χ2n) is 8.71. The molecule has 0 spiro atoms. The van der Waals surface area contributed by atoms with Gasteiger partial charge in [-0.2, -0.15) is 0 Å². The lowest BCUT2D eigenvalue weighted by Gasteiger charge is -2.22. The summed E-state index contributed by atoms with van der Waals surface area (Å²) in [6, 6.07) is 14.7. The number of amides is 1. The van der Waals surface area contributed by atoms with Gasteiger partial charge in [-0.1, -0.05) is 19.3 Å². The van der Waals surface area contributed by atoms with Crippen molar-refractivity contribution < 1.29 is 23.8 Å². The highest BCUT2D eigenvalue weighted by molar-refractivity contribution is 5.95. The molecular formula is C26H31NO5. The molecule has 1 saturated heterocycles. The third-order valence-electron chi connectivity index (χ3n) is 6.33. The van der Waals surface area contributed by atoms with Crippen molar-refractivity contribution >= 4 is 17.6 Å². The summed E-state index contributed by atoms with van der Waals surface area (Å²) in [5.74, 6) is 2.05. The standard InChI is InChI=1S/C26H31NO5/c1-30-26(29)21-7-11-23(12-8-21)32-18-20-15-25(28)27(16-20)22-9-13-24(14-10-22)31-17-19-5-3-2-4-6-19/h7-14,19-20H,2-6,15-18H2,1H3. The summed E-state index contributed by atoms with van der Waals surface area (Å²) in [7, 11) is 1.35. The molecule has 1 atom stereocenters. The van der Waals surface area contributed by atoms with Gasteiger partial charge >= 0.3 is 5.97 Å². The summed E-state index contributed by atoms with van der Waals surface area (Å²) < 4.78 is 16.5. The van der Waals surface area contributed by atoms with Crippen molar-refractivity contribution in [1.29, 1.82) is 0 Å². The molecule has 2 aliphatic rings. The number of methoxy groups -OCH3 is 1. The summed E-state index contributed by atoms with van der Waals surface area (Å²) in [5.41, 5.74) is 1.37. The molecule has 1 heterocycles. The minimum atomic E-state index is -0.376. The molecule has 170 valence electrons. The van der Waals surface area contributed by atoms with E-state index in [0.717, 1.165) is 18.0 Å². The molecule has 2 fully saturated rings. The predicted octanol–water partition coefficient (Wildman–Crippen LogP) is 4.86. The molecule has 1 unspecified atom stereocenters. The Balaban J connectivity index is 1.26. The smallest absolute Gasteiger partial charge is 0.337 e. The molecule has 6 nitrogen and oxygen atoms in total. The number of ether oxygens (including phenoxy) is 3. The van der Waals surface area contributed by atoms with Gasteiger partial charge in [0.1, 0.15) is 11.5 Å². The van der Waals surface area contributed by atoms with E-state index in [4.69, 9.17) is 14.2 Å². The van der Waals surface area contributed by atoms with E-state index in [1.165, 1.54) is 39.2 Å². The van der Waals surface area contributed by atoms with Crippen molar-refractivity contribution in [2.45, 2.75) is 38.5 Å². The monoisotopic (exact) mass is 437 g/mol. The van der Waals surface area contributed by atoms with Gasteiger partial charge in [0.15, 0.2) is 0 Å². The van der Waals surface area contributed by atoms with E-state index in [1.54, 1.807) is 24.3 Å². The van der Waals surface area contributed by atoms with Gasteiger partial charge in [-0.05, 0) is 67.3 Å². The SMILES string of the molecule is COC(=O)c1ccc(OCC2CC(=O)N(c3ccc(OCC4CCCCC4)cc3)C2)cc1. The first kappa shape index (κ1) is 22.2. The Morgan fingerprint density at radius 3 is 2.09 bits per heavy atom. The lowest BCUT2D eigenvalue weighted by atomic mass is 9.90. The van der Waals surface area contributed by atoms with Crippen molar-refractivity contribution in [3.8, 4) is 11.5 Å². The molecule has 1 saturated carbocycles. The van der Waals surface area contributed by atoms with Crippen LogP contribution < -0.4 is 14.4 Å². The summed E-state index contributed by atoms with van der Waals surface area (Å²) in [6.07, 6.45) is 6.96. The maximum atomic E-state index is 12.6. The van der Waals surface area contributed by atoms with Crippen LogP contribution in [0, 0.1) is 11.8 Å². The number of hydrogen-bond acceptors (Lipinski definition) is 5. The zero-order chi connectivity index (χ0) is 22.3. The van der Waals surface area contributed by atoms with Crippen LogP contribution in [0.1, 0.15) is 48.9 Å². The van der Waals surface area contributed by atoms with E-state index in [-0.39, 0.29) is 17.8 Å². The average Bonchev–Trinajstić information content (AvgIpc) is 3.22. The van der Waals surface area contributed by atoms with Crippen LogP contribution in [-0.4, -0.2) is 38.7 Å². The quantitative estimate of drug-likeness (QED) is 0.552. The molecule has 1 aliphatic heterocycles. The Morgan fingerprint density at radius 1 is 0.875 bits per heavy atom. The van der Waals surface area contributed by atoms with E-state index >= 15 is 0 Å². The first-order valence-corrected chi connectivity index (χ1v) is 11.5. The molecule has 1 amide bonds. The average molecular weight is 438 g/mol. The molecule has 32 heavy (non-hydrogen) atoms. The summed E-state index contributed by atoms with van der Waals surface area (Å²) in [5, 5.41) is 0. The number of benzene rings is 2. The number of anilines is 1. The maximum Gasteiger partial charge on any atom is 0.337 e. The Hall–Kier alpha value is -3.02. The minimum absolute atomic E-state index is 0.107. The second kappa shape index (κ2) is 10.5. The first-order valence-electron chi connectivity index (χ1n) is 11.5. The number of nitrogens with zero attached hydrogens (tertiary/aromatic N) is 1. The Morgan fingerprint density at radius 2 is 1.47 bits per heavy atom. The van der Waals surface area contributed by atoms with Crippen molar-refractivity contribution in [1.82, 2.24) is 0 Å². The molecule has 1 aliphatic carbocycles. The first-order chi connectivity index (χ1) is 15.6. The number of rotatable bonds is 8. The van der Waals surface area contributed by atoms with Crippen LogP contribution in [0.3, 0.4) is 0 Å². The number of hydrogen-bond donors (Lipinski definition) is 0. The van der Waals surface area contributed by atoms with Crippen LogP contribution in [0.25, 0.3) is 0 Å². The summed E-state index contributed by atoms with van der Waals surface area (Å²) in [4.78, 5) is 25.9. The van der Waals surface area contributed by atoms with Crippen LogP contribution in [-0.2, 0) is 9.53 Å². The van der Waals surface area contributed by atoms with E-state index in [0.29, 0.717) is 36.8 Å². The van der Waals surface area contributed by atoms with Gasteiger partial charge in [0.25, 0.3) is 0 Å². The van der Waals surface area contributed by atoms with E-state index < -0.39 is 0 Å². The molecule has 6 heteroatoms. The van der Waals surface area contributed by atoms with Gasteiger partial charge in [-0.3, -0.25) is 4.79 Å². The van der Waals surface area contributed by atoms with Crippen molar-refractivity contribution in [2.24, 2.45) is 11.8 Å². The van der Waals surface area contributed by atoms with Crippen LogP contribution in [0.2, 0.25) is 0 Å². The highest BCUT2D eigenvalue weighted by Gasteiger charge is 2.31. The van der Waals surface area contributed by atoms with Gasteiger partial charge in [-0.15, -0.1) is 0 Å². The highest BCUT2D eigenvalue weighted by atomic mass is 16.5. The fraction of sp³-hybridized carbons (Fsp3) is 0.462. The fourth-order valence-electron chi connectivity index (χ4n) is 4.45. The molecule has 0 bridgehead atoms. The van der Waals surface area contributed by atoms with Crippen LogP contribution >= 0.6 is 0 Å². The molecule has 0 aromatic heterocycles. The van der Waals surface area contributed by atoms with E-state index in [2.05, 4.69) is 0 Å². The van der Waals surface area contributed by atoms with Crippen molar-refractivity contribution in [3.05, 3.63) is 54.1 Å². The second-order valence-corrected chi connectivity index (χ2v) is 8.71. The predicted molar refractivity (Wildman–Crippen MR) is 122 cm³/mol. The Kier molecular flexibility index (Phi) is 7.30. The number of esters is 1. The van der Waals surface area contributed by atoms with E-state index in [9.17, 15) is 9.59 Å². The van der Waals surface area contributed by atoms with Crippen LogP contribution in [0.4, 0.5) is 5.69 Å².